The molecule has 4 nitrogen and oxygen atoms in total. The lowest BCUT2D eigenvalue weighted by Crippen LogP contribution is -2.46. The third kappa shape index (κ3) is 2.14. The van der Waals surface area contributed by atoms with Crippen molar-refractivity contribution in [2.24, 2.45) is 11.3 Å². The molecule has 132 valence electrons. The lowest BCUT2D eigenvalue weighted by Gasteiger charge is -2.38. The van der Waals surface area contributed by atoms with E-state index in [0.29, 0.717) is 5.75 Å². The van der Waals surface area contributed by atoms with E-state index in [-0.39, 0.29) is 23.2 Å². The molecule has 0 bridgehead atoms. The highest BCUT2D eigenvalue weighted by molar-refractivity contribution is 5.99. The number of nitrogens with zero attached hydrogens (tertiary/aromatic N) is 1. The summed E-state index contributed by atoms with van der Waals surface area (Å²) in [5.41, 5.74) is 2.43. The SMILES string of the molecule is O=C1C=C2CCCC[C@@]23CC2=CC=CN(C(=O)Oc4ccccc4)C2[C@@H]13. The summed E-state index contributed by atoms with van der Waals surface area (Å²) in [6, 6.07) is 8.87. The minimum atomic E-state index is -0.419. The smallest absolute Gasteiger partial charge is 0.410 e. The van der Waals surface area contributed by atoms with Gasteiger partial charge in [0.15, 0.2) is 5.78 Å². The van der Waals surface area contributed by atoms with Crippen LogP contribution in [0.2, 0.25) is 0 Å². The molecule has 5 rings (SSSR count). The molecule has 1 spiro atoms. The standard InChI is InChI=1S/C22H21NO3/c24-18-13-16-8-4-5-11-22(16)14-15-7-6-12-23(20(15)19(18)22)21(25)26-17-9-2-1-3-10-17/h1-3,6-7,9-10,12-13,19-20H,4-5,8,11,14H2/t19-,20?,22-/m1/s1. The van der Waals surface area contributed by atoms with E-state index in [2.05, 4.69) is 6.08 Å². The van der Waals surface area contributed by atoms with Gasteiger partial charge < -0.3 is 4.74 Å². The predicted octanol–water partition coefficient (Wildman–Crippen LogP) is 4.40. The van der Waals surface area contributed by atoms with Crippen molar-refractivity contribution in [1.82, 2.24) is 4.90 Å². The van der Waals surface area contributed by atoms with Crippen molar-refractivity contribution in [2.75, 3.05) is 0 Å². The summed E-state index contributed by atoms with van der Waals surface area (Å²) in [4.78, 5) is 27.4. The number of fused-ring (bicyclic) bond motifs is 2. The van der Waals surface area contributed by atoms with Gasteiger partial charge in [0.2, 0.25) is 0 Å². The number of carbonyl (C=O) groups excluding carboxylic acids is 2. The maximum atomic E-state index is 12.9. The van der Waals surface area contributed by atoms with Gasteiger partial charge in [-0.25, -0.2) is 4.79 Å². The minimum Gasteiger partial charge on any atom is -0.410 e. The first-order chi connectivity index (χ1) is 12.7. The predicted molar refractivity (Wildman–Crippen MR) is 97.4 cm³/mol. The van der Waals surface area contributed by atoms with E-state index in [1.807, 2.05) is 30.4 Å². The van der Waals surface area contributed by atoms with Crippen LogP contribution in [0.25, 0.3) is 0 Å². The Labute approximate surface area is 152 Å². The van der Waals surface area contributed by atoms with E-state index in [0.717, 1.165) is 32.1 Å². The van der Waals surface area contributed by atoms with E-state index in [1.165, 1.54) is 11.1 Å². The lowest BCUT2D eigenvalue weighted by molar-refractivity contribution is -0.120. The summed E-state index contributed by atoms with van der Waals surface area (Å²) >= 11 is 0. The summed E-state index contributed by atoms with van der Waals surface area (Å²) < 4.78 is 5.56. The molecule has 0 radical (unpaired) electrons. The van der Waals surface area contributed by atoms with Crippen LogP contribution in [0.15, 0.2) is 65.9 Å². The molecule has 1 aromatic rings. The van der Waals surface area contributed by atoms with Gasteiger partial charge in [0.1, 0.15) is 5.75 Å². The summed E-state index contributed by atoms with van der Waals surface area (Å²) in [6.07, 6.45) is 12.5. The van der Waals surface area contributed by atoms with Crippen molar-refractivity contribution in [1.29, 1.82) is 0 Å². The monoisotopic (exact) mass is 347 g/mol. The number of amides is 1. The Hall–Kier alpha value is -2.62. The van der Waals surface area contributed by atoms with Crippen LogP contribution in [0, 0.1) is 11.3 Å². The second-order valence-corrected chi connectivity index (χ2v) is 7.71. The molecular formula is C22H21NO3. The van der Waals surface area contributed by atoms with Gasteiger partial charge in [-0.1, -0.05) is 36.3 Å². The topological polar surface area (TPSA) is 46.6 Å². The maximum Gasteiger partial charge on any atom is 0.419 e. The van der Waals surface area contributed by atoms with E-state index in [1.54, 1.807) is 23.2 Å². The molecule has 4 heteroatoms. The molecule has 3 atom stereocenters. The fraction of sp³-hybridized carbons (Fsp3) is 0.364. The van der Waals surface area contributed by atoms with Gasteiger partial charge in [-0.2, -0.15) is 0 Å². The third-order valence-corrected chi connectivity index (χ3v) is 6.41. The van der Waals surface area contributed by atoms with E-state index in [4.69, 9.17) is 4.74 Å². The molecule has 1 amide bonds. The average molecular weight is 347 g/mol. The van der Waals surface area contributed by atoms with Crippen molar-refractivity contribution >= 4 is 11.9 Å². The van der Waals surface area contributed by atoms with Crippen LogP contribution in [0.4, 0.5) is 4.79 Å². The van der Waals surface area contributed by atoms with Crippen molar-refractivity contribution in [3.63, 3.8) is 0 Å². The highest BCUT2D eigenvalue weighted by atomic mass is 16.6. The molecule has 0 aromatic heterocycles. The first-order valence-electron chi connectivity index (χ1n) is 9.36. The van der Waals surface area contributed by atoms with Crippen molar-refractivity contribution < 1.29 is 14.3 Å². The number of ether oxygens (including phenoxy) is 1. The fourth-order valence-corrected chi connectivity index (χ4v) is 5.39. The number of hydrogen-bond acceptors (Lipinski definition) is 3. The van der Waals surface area contributed by atoms with Crippen molar-refractivity contribution in [3.05, 3.63) is 65.9 Å². The molecule has 1 aromatic carbocycles. The molecule has 1 aliphatic heterocycles. The van der Waals surface area contributed by atoms with Crippen LogP contribution in [-0.4, -0.2) is 22.8 Å². The molecule has 0 N–H and O–H groups in total. The molecule has 3 aliphatic carbocycles. The second kappa shape index (κ2) is 5.70. The zero-order valence-corrected chi connectivity index (χ0v) is 14.6. The van der Waals surface area contributed by atoms with Gasteiger partial charge in [-0.05, 0) is 55.5 Å². The van der Waals surface area contributed by atoms with Crippen LogP contribution in [0.3, 0.4) is 0 Å². The van der Waals surface area contributed by atoms with Gasteiger partial charge in [0.05, 0.1) is 12.0 Å². The molecule has 0 saturated heterocycles. The number of hydrogen-bond donors (Lipinski definition) is 0. The summed E-state index contributed by atoms with van der Waals surface area (Å²) in [5.74, 6) is 0.546. The summed E-state index contributed by atoms with van der Waals surface area (Å²) in [6.45, 7) is 0. The molecule has 4 aliphatic rings. The summed E-state index contributed by atoms with van der Waals surface area (Å²) in [7, 11) is 0. The average Bonchev–Trinajstić information content (AvgIpc) is 3.12. The highest BCUT2D eigenvalue weighted by Crippen LogP contribution is 2.62. The second-order valence-electron chi connectivity index (χ2n) is 7.71. The van der Waals surface area contributed by atoms with Crippen LogP contribution < -0.4 is 4.74 Å². The number of allylic oxidation sites excluding steroid dienone is 4. The number of benzene rings is 1. The maximum absolute atomic E-state index is 12.9. The van der Waals surface area contributed by atoms with E-state index >= 15 is 0 Å². The van der Waals surface area contributed by atoms with Gasteiger partial charge in [0.25, 0.3) is 0 Å². The number of carbonyl (C=O) groups is 2. The Balaban J connectivity index is 1.47. The first-order valence-corrected chi connectivity index (χ1v) is 9.36. The Kier molecular flexibility index (Phi) is 3.42. The van der Waals surface area contributed by atoms with Crippen molar-refractivity contribution in [2.45, 2.75) is 38.1 Å². The van der Waals surface area contributed by atoms with Crippen LogP contribution in [0.1, 0.15) is 32.1 Å². The third-order valence-electron chi connectivity index (χ3n) is 6.41. The quantitative estimate of drug-likeness (QED) is 0.756. The normalized spacial score (nSPS) is 31.7. The van der Waals surface area contributed by atoms with E-state index in [9.17, 15) is 9.59 Å². The molecular weight excluding hydrogens is 326 g/mol. The first kappa shape index (κ1) is 15.6. The fourth-order valence-electron chi connectivity index (χ4n) is 5.39. The Morgan fingerprint density at radius 2 is 2.04 bits per heavy atom. The largest absolute Gasteiger partial charge is 0.419 e. The number of para-hydroxylation sites is 1. The minimum absolute atomic E-state index is 0.0663. The molecule has 1 unspecified atom stereocenters. The van der Waals surface area contributed by atoms with Gasteiger partial charge in [-0.3, -0.25) is 9.69 Å². The van der Waals surface area contributed by atoms with E-state index < -0.39 is 6.09 Å². The summed E-state index contributed by atoms with van der Waals surface area (Å²) in [5, 5.41) is 0. The Morgan fingerprint density at radius 3 is 2.88 bits per heavy atom. The van der Waals surface area contributed by atoms with Crippen molar-refractivity contribution in [3.8, 4) is 5.75 Å². The highest BCUT2D eigenvalue weighted by Gasteiger charge is 2.61. The molecule has 26 heavy (non-hydrogen) atoms. The Bertz CT molecular complexity index is 867. The number of rotatable bonds is 1. The Morgan fingerprint density at radius 1 is 1.19 bits per heavy atom. The molecule has 1 heterocycles. The van der Waals surface area contributed by atoms with Crippen LogP contribution >= 0.6 is 0 Å². The van der Waals surface area contributed by atoms with Gasteiger partial charge >= 0.3 is 6.09 Å². The lowest BCUT2D eigenvalue weighted by atomic mass is 9.67. The van der Waals surface area contributed by atoms with Crippen LogP contribution in [0.5, 0.6) is 5.75 Å². The molecule has 2 fully saturated rings. The zero-order chi connectivity index (χ0) is 17.7. The molecule has 2 saturated carbocycles. The number of ketones is 1. The van der Waals surface area contributed by atoms with Crippen LogP contribution in [-0.2, 0) is 4.79 Å². The van der Waals surface area contributed by atoms with Gasteiger partial charge in [-0.15, -0.1) is 0 Å². The zero-order valence-electron chi connectivity index (χ0n) is 14.6. The van der Waals surface area contributed by atoms with Gasteiger partial charge in [0, 0.05) is 11.6 Å².